The highest BCUT2D eigenvalue weighted by Gasteiger charge is 2.48. The van der Waals surface area contributed by atoms with Gasteiger partial charge in [-0.2, -0.15) is 0 Å². The normalized spacial score (nSPS) is 23.1. The maximum Gasteiger partial charge on any atom is 0.331 e. The van der Waals surface area contributed by atoms with Gasteiger partial charge in [0, 0.05) is 5.56 Å². The number of amides is 2. The molecule has 1 aliphatic heterocycles. The Balaban J connectivity index is 1.63. The average molecular weight is 329 g/mol. The molecule has 1 saturated heterocycles. The van der Waals surface area contributed by atoms with Gasteiger partial charge in [-0.1, -0.05) is 12.8 Å². The van der Waals surface area contributed by atoms with E-state index in [2.05, 4.69) is 0 Å². The van der Waals surface area contributed by atoms with E-state index in [1.165, 1.54) is 19.1 Å². The van der Waals surface area contributed by atoms with E-state index in [1.807, 2.05) is 0 Å². The standard InChI is InChI=1S/C18H19NO5/c1-11(20)12-6-8-13(9-7-12)24-16(21)10-19-17(22)14-4-2-3-5-15(14)18(19)23/h6-9,14-15H,2-5,10H2,1H3/t14-,15+. The van der Waals surface area contributed by atoms with Crippen LogP contribution in [-0.2, 0) is 14.4 Å². The van der Waals surface area contributed by atoms with Gasteiger partial charge in [0.15, 0.2) is 5.78 Å². The molecule has 2 fully saturated rings. The molecule has 2 aliphatic rings. The van der Waals surface area contributed by atoms with Crippen LogP contribution in [-0.4, -0.2) is 35.0 Å². The number of fused-ring (bicyclic) bond motifs is 1. The summed E-state index contributed by atoms with van der Waals surface area (Å²) in [6.07, 6.45) is 3.32. The van der Waals surface area contributed by atoms with E-state index in [1.54, 1.807) is 12.1 Å². The molecule has 0 unspecified atom stereocenters. The quantitative estimate of drug-likeness (QED) is 0.365. The number of carbonyl (C=O) groups is 4. The summed E-state index contributed by atoms with van der Waals surface area (Å²) in [6, 6.07) is 6.15. The number of rotatable bonds is 4. The molecule has 126 valence electrons. The summed E-state index contributed by atoms with van der Waals surface area (Å²) >= 11 is 0. The number of hydrogen-bond donors (Lipinski definition) is 0. The van der Waals surface area contributed by atoms with Gasteiger partial charge in [0.1, 0.15) is 12.3 Å². The van der Waals surface area contributed by atoms with Gasteiger partial charge in [-0.05, 0) is 44.0 Å². The molecule has 3 rings (SSSR count). The molecule has 1 saturated carbocycles. The fraction of sp³-hybridized carbons (Fsp3) is 0.444. The first-order valence-electron chi connectivity index (χ1n) is 8.14. The molecule has 6 nitrogen and oxygen atoms in total. The summed E-state index contributed by atoms with van der Waals surface area (Å²) in [5.41, 5.74) is 0.517. The second-order valence-electron chi connectivity index (χ2n) is 6.31. The van der Waals surface area contributed by atoms with E-state index in [0.717, 1.165) is 17.7 Å². The van der Waals surface area contributed by atoms with E-state index in [4.69, 9.17) is 4.74 Å². The lowest BCUT2D eigenvalue weighted by atomic mass is 9.81. The summed E-state index contributed by atoms with van der Waals surface area (Å²) in [6.45, 7) is 1.09. The predicted octanol–water partition coefficient (Wildman–Crippen LogP) is 1.97. The summed E-state index contributed by atoms with van der Waals surface area (Å²) in [5, 5.41) is 0. The predicted molar refractivity (Wildman–Crippen MR) is 84.2 cm³/mol. The van der Waals surface area contributed by atoms with E-state index in [9.17, 15) is 19.2 Å². The summed E-state index contributed by atoms with van der Waals surface area (Å²) < 4.78 is 5.16. The van der Waals surface area contributed by atoms with Crippen LogP contribution in [0.3, 0.4) is 0 Å². The van der Waals surface area contributed by atoms with Crippen LogP contribution in [0.25, 0.3) is 0 Å². The number of ether oxygens (including phenoxy) is 1. The van der Waals surface area contributed by atoms with E-state index >= 15 is 0 Å². The molecule has 1 aliphatic carbocycles. The molecule has 1 aromatic rings. The number of esters is 1. The molecule has 6 heteroatoms. The van der Waals surface area contributed by atoms with Crippen LogP contribution in [0.2, 0.25) is 0 Å². The van der Waals surface area contributed by atoms with Crippen LogP contribution in [0, 0.1) is 11.8 Å². The van der Waals surface area contributed by atoms with Gasteiger partial charge in [0.2, 0.25) is 11.8 Å². The molecule has 0 bridgehead atoms. The van der Waals surface area contributed by atoms with Crippen LogP contribution >= 0.6 is 0 Å². The van der Waals surface area contributed by atoms with Crippen molar-refractivity contribution in [2.75, 3.05) is 6.54 Å². The molecule has 24 heavy (non-hydrogen) atoms. The zero-order chi connectivity index (χ0) is 17.3. The first-order chi connectivity index (χ1) is 11.5. The van der Waals surface area contributed by atoms with Crippen LogP contribution in [0.5, 0.6) is 5.75 Å². The number of hydrogen-bond acceptors (Lipinski definition) is 5. The highest BCUT2D eigenvalue weighted by Crippen LogP contribution is 2.37. The zero-order valence-electron chi connectivity index (χ0n) is 13.5. The SMILES string of the molecule is CC(=O)c1ccc(OC(=O)CN2C(=O)[C@H]3CCCC[C@H]3C2=O)cc1. The van der Waals surface area contributed by atoms with Gasteiger partial charge < -0.3 is 4.74 Å². The van der Waals surface area contributed by atoms with Gasteiger partial charge >= 0.3 is 5.97 Å². The van der Waals surface area contributed by atoms with Gasteiger partial charge in [-0.25, -0.2) is 4.79 Å². The summed E-state index contributed by atoms with van der Waals surface area (Å²) in [5.74, 6) is -1.51. The minimum Gasteiger partial charge on any atom is -0.425 e. The molecule has 0 spiro atoms. The Kier molecular flexibility index (Phi) is 4.46. The average Bonchev–Trinajstić information content (AvgIpc) is 2.81. The number of imide groups is 1. The van der Waals surface area contributed by atoms with Crippen molar-refractivity contribution in [1.29, 1.82) is 0 Å². The van der Waals surface area contributed by atoms with Crippen molar-refractivity contribution in [2.45, 2.75) is 32.6 Å². The van der Waals surface area contributed by atoms with Crippen molar-refractivity contribution in [3.63, 3.8) is 0 Å². The number of likely N-dealkylation sites (tertiary alicyclic amines) is 1. The van der Waals surface area contributed by atoms with E-state index in [-0.39, 0.29) is 41.7 Å². The van der Waals surface area contributed by atoms with Gasteiger partial charge in [0.25, 0.3) is 0 Å². The topological polar surface area (TPSA) is 80.8 Å². The molecular formula is C18H19NO5. The Morgan fingerprint density at radius 3 is 2.08 bits per heavy atom. The van der Waals surface area contributed by atoms with Gasteiger partial charge in [-0.3, -0.25) is 19.3 Å². The maximum atomic E-state index is 12.3. The van der Waals surface area contributed by atoms with Crippen molar-refractivity contribution < 1.29 is 23.9 Å². The van der Waals surface area contributed by atoms with Crippen molar-refractivity contribution in [3.05, 3.63) is 29.8 Å². The highest BCUT2D eigenvalue weighted by molar-refractivity contribution is 6.07. The minimum atomic E-state index is -0.661. The first kappa shape index (κ1) is 16.4. The van der Waals surface area contributed by atoms with Crippen molar-refractivity contribution in [3.8, 4) is 5.75 Å². The molecule has 1 aromatic carbocycles. The fourth-order valence-electron chi connectivity index (χ4n) is 3.44. The zero-order valence-corrected chi connectivity index (χ0v) is 13.5. The molecule has 0 N–H and O–H groups in total. The molecule has 2 atom stereocenters. The molecule has 1 heterocycles. The number of nitrogens with zero attached hydrogens (tertiary/aromatic N) is 1. The third-order valence-electron chi connectivity index (χ3n) is 4.71. The van der Waals surface area contributed by atoms with Gasteiger partial charge in [0.05, 0.1) is 11.8 Å². The molecule has 0 aromatic heterocycles. The van der Waals surface area contributed by atoms with Crippen LogP contribution in [0.4, 0.5) is 0 Å². The summed E-state index contributed by atoms with van der Waals surface area (Å²) in [7, 11) is 0. The Bertz CT molecular complexity index is 670. The number of benzene rings is 1. The second-order valence-corrected chi connectivity index (χ2v) is 6.31. The lowest BCUT2D eigenvalue weighted by molar-refractivity contribution is -0.148. The Morgan fingerprint density at radius 2 is 1.58 bits per heavy atom. The van der Waals surface area contributed by atoms with Crippen molar-refractivity contribution in [1.82, 2.24) is 4.90 Å². The smallest absolute Gasteiger partial charge is 0.331 e. The van der Waals surface area contributed by atoms with Crippen LogP contribution in [0.15, 0.2) is 24.3 Å². The number of carbonyl (C=O) groups excluding carboxylic acids is 4. The number of ketones is 1. The molecule has 0 radical (unpaired) electrons. The van der Waals surface area contributed by atoms with Crippen LogP contribution in [0.1, 0.15) is 43.0 Å². The number of Topliss-reactive ketones (excluding diaryl/α,β-unsaturated/α-hetero) is 1. The second kappa shape index (κ2) is 6.55. The van der Waals surface area contributed by atoms with Crippen molar-refractivity contribution >= 4 is 23.6 Å². The molecule has 2 amide bonds. The monoisotopic (exact) mass is 329 g/mol. The third-order valence-corrected chi connectivity index (χ3v) is 4.71. The minimum absolute atomic E-state index is 0.0799. The van der Waals surface area contributed by atoms with Gasteiger partial charge in [-0.15, -0.1) is 0 Å². The molecular weight excluding hydrogens is 310 g/mol. The largest absolute Gasteiger partial charge is 0.425 e. The fourth-order valence-corrected chi connectivity index (χ4v) is 3.44. The Labute approximate surface area is 139 Å². The van der Waals surface area contributed by atoms with E-state index in [0.29, 0.717) is 18.4 Å². The summed E-state index contributed by atoms with van der Waals surface area (Å²) in [4.78, 5) is 48.9. The first-order valence-corrected chi connectivity index (χ1v) is 8.14. The maximum absolute atomic E-state index is 12.3. The Hall–Kier alpha value is -2.50. The lowest BCUT2D eigenvalue weighted by Gasteiger charge is -2.19. The van der Waals surface area contributed by atoms with Crippen molar-refractivity contribution in [2.24, 2.45) is 11.8 Å². The lowest BCUT2D eigenvalue weighted by Crippen LogP contribution is -2.37. The highest BCUT2D eigenvalue weighted by atomic mass is 16.5. The third kappa shape index (κ3) is 3.09. The van der Waals surface area contributed by atoms with Crippen LogP contribution < -0.4 is 4.74 Å². The Morgan fingerprint density at radius 1 is 1.04 bits per heavy atom. The van der Waals surface area contributed by atoms with E-state index < -0.39 is 5.97 Å².